The summed E-state index contributed by atoms with van der Waals surface area (Å²) in [6.07, 6.45) is 1.66. The van der Waals surface area contributed by atoms with Crippen LogP contribution in [0, 0.1) is 13.8 Å². The molecule has 1 fully saturated rings. The van der Waals surface area contributed by atoms with Crippen molar-refractivity contribution >= 4 is 5.91 Å². The van der Waals surface area contributed by atoms with Crippen molar-refractivity contribution in [1.82, 2.24) is 24.9 Å². The van der Waals surface area contributed by atoms with Gasteiger partial charge in [0.2, 0.25) is 0 Å². The second-order valence-corrected chi connectivity index (χ2v) is 8.50. The highest BCUT2D eigenvalue weighted by Gasteiger charge is 2.18. The maximum absolute atomic E-state index is 13.0. The van der Waals surface area contributed by atoms with Crippen molar-refractivity contribution in [2.45, 2.75) is 33.9 Å². The van der Waals surface area contributed by atoms with E-state index in [1.54, 1.807) is 6.20 Å². The molecule has 3 aromatic rings. The number of para-hydroxylation sites is 1. The van der Waals surface area contributed by atoms with Crippen LogP contribution in [0.25, 0.3) is 5.69 Å². The summed E-state index contributed by atoms with van der Waals surface area (Å²) in [7, 11) is 0. The van der Waals surface area contributed by atoms with E-state index < -0.39 is 0 Å². The number of rotatable bonds is 7. The van der Waals surface area contributed by atoms with Crippen molar-refractivity contribution in [2.24, 2.45) is 0 Å². The Hall–Kier alpha value is -2.96. The first-order valence-corrected chi connectivity index (χ1v) is 11.5. The monoisotopic (exact) mass is 431 g/mol. The summed E-state index contributed by atoms with van der Waals surface area (Å²) in [4.78, 5) is 17.9. The molecule has 1 aliphatic heterocycles. The van der Waals surface area contributed by atoms with Crippen LogP contribution in [-0.2, 0) is 13.1 Å². The molecule has 168 valence electrons. The summed E-state index contributed by atoms with van der Waals surface area (Å²) in [5.41, 5.74) is 6.03. The largest absolute Gasteiger partial charge is 0.348 e. The Balaban J connectivity index is 1.42. The average molecular weight is 432 g/mol. The highest BCUT2D eigenvalue weighted by molar-refractivity contribution is 5.95. The van der Waals surface area contributed by atoms with Crippen molar-refractivity contribution in [3.05, 3.63) is 82.7 Å². The third-order valence-corrected chi connectivity index (χ3v) is 6.46. The number of carbonyl (C=O) groups excluding carboxylic acids is 1. The number of hydrogen-bond acceptors (Lipinski definition) is 4. The van der Waals surface area contributed by atoms with Crippen LogP contribution < -0.4 is 5.32 Å². The quantitative estimate of drug-likeness (QED) is 0.622. The van der Waals surface area contributed by atoms with E-state index in [0.29, 0.717) is 12.1 Å². The predicted molar refractivity (Wildman–Crippen MR) is 128 cm³/mol. The average Bonchev–Trinajstić information content (AvgIpc) is 3.20. The summed E-state index contributed by atoms with van der Waals surface area (Å²) >= 11 is 0. The molecule has 1 aromatic heterocycles. The smallest absolute Gasteiger partial charge is 0.255 e. The van der Waals surface area contributed by atoms with E-state index in [-0.39, 0.29) is 5.91 Å². The fourth-order valence-electron chi connectivity index (χ4n) is 4.34. The number of piperazine rings is 1. The van der Waals surface area contributed by atoms with Gasteiger partial charge in [-0.3, -0.25) is 9.69 Å². The van der Waals surface area contributed by atoms with Gasteiger partial charge in [-0.15, -0.1) is 0 Å². The summed E-state index contributed by atoms with van der Waals surface area (Å²) < 4.78 is 1.84. The van der Waals surface area contributed by atoms with Gasteiger partial charge >= 0.3 is 0 Å². The number of aryl methyl sites for hydroxylation is 1. The first-order valence-electron chi connectivity index (χ1n) is 11.5. The van der Waals surface area contributed by atoms with Gasteiger partial charge in [0.25, 0.3) is 5.91 Å². The summed E-state index contributed by atoms with van der Waals surface area (Å²) in [5, 5.41) is 7.59. The summed E-state index contributed by atoms with van der Waals surface area (Å²) in [6.45, 7) is 13.2. The Morgan fingerprint density at radius 2 is 1.59 bits per heavy atom. The second-order valence-electron chi connectivity index (χ2n) is 8.50. The molecule has 0 radical (unpaired) electrons. The lowest BCUT2D eigenvalue weighted by Gasteiger charge is -2.34. The highest BCUT2D eigenvalue weighted by atomic mass is 16.1. The lowest BCUT2D eigenvalue weighted by Crippen LogP contribution is -2.45. The third-order valence-electron chi connectivity index (χ3n) is 6.46. The minimum atomic E-state index is -0.0892. The highest BCUT2D eigenvalue weighted by Crippen LogP contribution is 2.18. The molecule has 32 heavy (non-hydrogen) atoms. The summed E-state index contributed by atoms with van der Waals surface area (Å²) in [5.74, 6) is -0.0892. The first kappa shape index (κ1) is 22.2. The molecule has 0 bridgehead atoms. The van der Waals surface area contributed by atoms with E-state index in [9.17, 15) is 4.79 Å². The molecule has 1 amide bonds. The van der Waals surface area contributed by atoms with Crippen LogP contribution in [0.2, 0.25) is 0 Å². The molecule has 0 aliphatic carbocycles. The van der Waals surface area contributed by atoms with Crippen LogP contribution in [-0.4, -0.2) is 58.2 Å². The number of amides is 1. The fraction of sp³-hybridized carbons (Fsp3) is 0.385. The Morgan fingerprint density at radius 3 is 2.31 bits per heavy atom. The van der Waals surface area contributed by atoms with Crippen LogP contribution in [0.15, 0.2) is 54.7 Å². The van der Waals surface area contributed by atoms with E-state index in [0.717, 1.165) is 56.2 Å². The van der Waals surface area contributed by atoms with Crippen molar-refractivity contribution in [1.29, 1.82) is 0 Å². The zero-order chi connectivity index (χ0) is 22.5. The molecule has 0 unspecified atom stereocenters. The number of nitrogens with zero attached hydrogens (tertiary/aromatic N) is 4. The van der Waals surface area contributed by atoms with Gasteiger partial charge in [-0.1, -0.05) is 49.4 Å². The van der Waals surface area contributed by atoms with Gasteiger partial charge in [0, 0.05) is 39.3 Å². The molecule has 1 N–H and O–H groups in total. The number of aromatic nitrogens is 2. The normalized spacial score (nSPS) is 15.1. The minimum absolute atomic E-state index is 0.0892. The molecule has 6 heteroatoms. The van der Waals surface area contributed by atoms with Crippen LogP contribution in [0.1, 0.15) is 39.7 Å². The lowest BCUT2D eigenvalue weighted by atomic mass is 10.1. The van der Waals surface area contributed by atoms with Gasteiger partial charge in [-0.05, 0) is 43.1 Å². The van der Waals surface area contributed by atoms with Crippen LogP contribution >= 0.6 is 0 Å². The van der Waals surface area contributed by atoms with Gasteiger partial charge in [-0.2, -0.15) is 5.10 Å². The van der Waals surface area contributed by atoms with Gasteiger partial charge in [0.15, 0.2) is 0 Å². The Kier molecular flexibility index (Phi) is 7.02. The molecule has 1 aliphatic rings. The maximum atomic E-state index is 13.0. The molecule has 0 spiro atoms. The molecule has 0 saturated carbocycles. The Morgan fingerprint density at radius 1 is 0.938 bits per heavy atom. The van der Waals surface area contributed by atoms with Crippen molar-refractivity contribution in [3.63, 3.8) is 0 Å². The van der Waals surface area contributed by atoms with E-state index in [2.05, 4.69) is 58.3 Å². The Bertz CT molecular complexity index is 1070. The van der Waals surface area contributed by atoms with Crippen LogP contribution in [0.3, 0.4) is 0 Å². The number of nitrogens with one attached hydrogen (secondary N) is 1. The predicted octanol–water partition coefficient (Wildman–Crippen LogP) is 3.56. The summed E-state index contributed by atoms with van der Waals surface area (Å²) in [6, 6.07) is 16.5. The topological polar surface area (TPSA) is 53.4 Å². The molecule has 2 aromatic carbocycles. The third kappa shape index (κ3) is 4.92. The van der Waals surface area contributed by atoms with Crippen molar-refractivity contribution in [2.75, 3.05) is 32.7 Å². The SMILES string of the molecule is CCN1CCN(Cc2ccccc2CNC(=O)c2cnn(-c3ccccc3C)c2C)CC1. The van der Waals surface area contributed by atoms with Gasteiger partial charge in [-0.25, -0.2) is 4.68 Å². The number of benzene rings is 2. The first-order chi connectivity index (χ1) is 15.6. The Labute approximate surface area is 190 Å². The molecule has 1 saturated heterocycles. The van der Waals surface area contributed by atoms with Gasteiger partial charge in [0.05, 0.1) is 23.1 Å². The lowest BCUT2D eigenvalue weighted by molar-refractivity contribution is 0.0950. The van der Waals surface area contributed by atoms with Gasteiger partial charge < -0.3 is 10.2 Å². The van der Waals surface area contributed by atoms with E-state index in [1.165, 1.54) is 11.1 Å². The second kappa shape index (κ2) is 10.1. The molecule has 6 nitrogen and oxygen atoms in total. The van der Waals surface area contributed by atoms with E-state index in [4.69, 9.17) is 0 Å². The van der Waals surface area contributed by atoms with E-state index >= 15 is 0 Å². The molecule has 0 atom stereocenters. The standard InChI is InChI=1S/C26H33N5O/c1-4-29-13-15-30(16-14-29)19-23-11-7-6-10-22(23)17-27-26(32)24-18-28-31(21(24)3)25-12-8-5-9-20(25)2/h5-12,18H,4,13-17,19H2,1-3H3,(H,27,32). The molecular weight excluding hydrogens is 398 g/mol. The zero-order valence-electron chi connectivity index (χ0n) is 19.3. The molecule has 4 rings (SSSR count). The van der Waals surface area contributed by atoms with Gasteiger partial charge in [0.1, 0.15) is 0 Å². The minimum Gasteiger partial charge on any atom is -0.348 e. The van der Waals surface area contributed by atoms with Crippen molar-refractivity contribution in [3.8, 4) is 5.69 Å². The number of likely N-dealkylation sites (N-methyl/N-ethyl adjacent to an activating group) is 1. The fourth-order valence-corrected chi connectivity index (χ4v) is 4.34. The van der Waals surface area contributed by atoms with E-state index in [1.807, 2.05) is 35.9 Å². The maximum Gasteiger partial charge on any atom is 0.255 e. The number of hydrogen-bond donors (Lipinski definition) is 1. The van der Waals surface area contributed by atoms with Crippen LogP contribution in [0.5, 0.6) is 0 Å². The molecular formula is C26H33N5O. The zero-order valence-corrected chi connectivity index (χ0v) is 19.3. The van der Waals surface area contributed by atoms with Crippen LogP contribution in [0.4, 0.5) is 0 Å². The number of carbonyl (C=O) groups is 1. The van der Waals surface area contributed by atoms with Crippen molar-refractivity contribution < 1.29 is 4.79 Å². The molecule has 2 heterocycles.